The minimum absolute atomic E-state index is 0.249. The molecule has 0 fully saturated rings. The van der Waals surface area contributed by atoms with Crippen molar-refractivity contribution < 1.29 is 4.39 Å². The lowest BCUT2D eigenvalue weighted by Gasteiger charge is -2.08. The first-order valence-electron chi connectivity index (χ1n) is 5.38. The summed E-state index contributed by atoms with van der Waals surface area (Å²) in [6.07, 6.45) is 0.672. The Morgan fingerprint density at radius 1 is 1.29 bits per heavy atom. The van der Waals surface area contributed by atoms with Crippen molar-refractivity contribution in [2.24, 2.45) is 7.05 Å². The third kappa shape index (κ3) is 1.73. The van der Waals surface area contributed by atoms with E-state index < -0.39 is 0 Å². The maximum Gasteiger partial charge on any atom is 0.294 e. The fourth-order valence-corrected chi connectivity index (χ4v) is 1.96. The molecule has 0 amide bonds. The van der Waals surface area contributed by atoms with Gasteiger partial charge >= 0.3 is 0 Å². The largest absolute Gasteiger partial charge is 0.393 e. The summed E-state index contributed by atoms with van der Waals surface area (Å²) in [6.45, 7) is 1.93. The number of nitrogen functional groups attached to an aromatic ring is 1. The highest BCUT2D eigenvalue weighted by molar-refractivity contribution is 5.45. The van der Waals surface area contributed by atoms with E-state index in [1.807, 2.05) is 6.92 Å². The van der Waals surface area contributed by atoms with Gasteiger partial charge in [0.05, 0.1) is 11.4 Å². The second-order valence-corrected chi connectivity index (χ2v) is 3.83. The number of benzene rings is 1. The van der Waals surface area contributed by atoms with Crippen LogP contribution in [0.2, 0.25) is 0 Å². The van der Waals surface area contributed by atoms with E-state index in [2.05, 4.69) is 0 Å². The van der Waals surface area contributed by atoms with Gasteiger partial charge in [-0.15, -0.1) is 0 Å². The molecule has 0 atom stereocenters. The Kier molecular flexibility index (Phi) is 2.75. The molecule has 0 bridgehead atoms. The van der Waals surface area contributed by atoms with E-state index in [1.54, 1.807) is 23.9 Å². The number of rotatable bonds is 2. The molecule has 2 rings (SSSR count). The summed E-state index contributed by atoms with van der Waals surface area (Å²) < 4.78 is 16.0. The van der Waals surface area contributed by atoms with Crippen LogP contribution in [0.1, 0.15) is 12.6 Å². The van der Waals surface area contributed by atoms with Gasteiger partial charge in [0, 0.05) is 7.05 Å². The van der Waals surface area contributed by atoms with Crippen LogP contribution in [-0.2, 0) is 13.5 Å². The third-order valence-electron chi connectivity index (χ3n) is 2.83. The lowest BCUT2D eigenvalue weighted by molar-refractivity contribution is 0.609. The van der Waals surface area contributed by atoms with Crippen molar-refractivity contribution in [3.8, 4) is 5.69 Å². The van der Waals surface area contributed by atoms with Crippen molar-refractivity contribution in [2.45, 2.75) is 13.3 Å². The Morgan fingerprint density at radius 2 is 1.88 bits per heavy atom. The quantitative estimate of drug-likeness (QED) is 0.856. The number of anilines is 1. The topological polar surface area (TPSA) is 53.0 Å². The van der Waals surface area contributed by atoms with E-state index in [-0.39, 0.29) is 17.1 Å². The summed E-state index contributed by atoms with van der Waals surface area (Å²) in [5.41, 5.74) is 7.11. The van der Waals surface area contributed by atoms with Crippen LogP contribution in [0.4, 0.5) is 10.1 Å². The molecule has 5 heteroatoms. The average molecular weight is 235 g/mol. The molecule has 1 aromatic carbocycles. The van der Waals surface area contributed by atoms with E-state index in [9.17, 15) is 9.18 Å². The fraction of sp³-hybridized carbons (Fsp3) is 0.250. The highest BCUT2D eigenvalue weighted by Gasteiger charge is 2.14. The molecule has 2 aromatic rings. The molecule has 1 heterocycles. The van der Waals surface area contributed by atoms with Crippen molar-refractivity contribution in [1.82, 2.24) is 9.36 Å². The standard InChI is InChI=1S/C12H14FN3O/c1-3-10-11(14)12(17)16(15(10)2)9-6-4-8(13)5-7-9/h4-7H,3,14H2,1-2H3. The molecule has 0 aliphatic rings. The van der Waals surface area contributed by atoms with Gasteiger partial charge in [0.2, 0.25) is 0 Å². The summed E-state index contributed by atoms with van der Waals surface area (Å²) in [5, 5.41) is 0. The highest BCUT2D eigenvalue weighted by atomic mass is 19.1. The molecule has 17 heavy (non-hydrogen) atoms. The molecule has 0 aliphatic heterocycles. The van der Waals surface area contributed by atoms with Crippen LogP contribution < -0.4 is 11.3 Å². The predicted molar refractivity (Wildman–Crippen MR) is 64.8 cm³/mol. The van der Waals surface area contributed by atoms with Gasteiger partial charge in [0.15, 0.2) is 0 Å². The number of nitrogens with two attached hydrogens (primary N) is 1. The molecule has 90 valence electrons. The van der Waals surface area contributed by atoms with Crippen LogP contribution in [0.15, 0.2) is 29.1 Å². The van der Waals surface area contributed by atoms with Crippen LogP contribution >= 0.6 is 0 Å². The average Bonchev–Trinajstić information content (AvgIpc) is 2.52. The first kappa shape index (κ1) is 11.4. The van der Waals surface area contributed by atoms with Crippen molar-refractivity contribution in [3.63, 3.8) is 0 Å². The second-order valence-electron chi connectivity index (χ2n) is 3.83. The Balaban J connectivity index is 2.68. The van der Waals surface area contributed by atoms with Gasteiger partial charge in [0.25, 0.3) is 5.56 Å². The van der Waals surface area contributed by atoms with Crippen LogP contribution in [0, 0.1) is 5.82 Å². The molecule has 1 aromatic heterocycles. The fourth-order valence-electron chi connectivity index (χ4n) is 1.96. The summed E-state index contributed by atoms with van der Waals surface area (Å²) in [7, 11) is 1.76. The lowest BCUT2D eigenvalue weighted by Crippen LogP contribution is -2.20. The van der Waals surface area contributed by atoms with Crippen LogP contribution in [0.25, 0.3) is 5.69 Å². The zero-order valence-electron chi connectivity index (χ0n) is 9.77. The molecule has 0 unspecified atom stereocenters. The first-order chi connectivity index (χ1) is 8.06. The number of hydrogen-bond acceptors (Lipinski definition) is 2. The molecule has 0 aliphatic carbocycles. The zero-order chi connectivity index (χ0) is 12.6. The summed E-state index contributed by atoms with van der Waals surface area (Å²) >= 11 is 0. The SMILES string of the molecule is CCc1c(N)c(=O)n(-c2ccc(F)cc2)n1C. The van der Waals surface area contributed by atoms with Crippen molar-refractivity contribution in [1.29, 1.82) is 0 Å². The van der Waals surface area contributed by atoms with Gasteiger partial charge in [-0.2, -0.15) is 0 Å². The normalized spacial score (nSPS) is 10.8. The van der Waals surface area contributed by atoms with Gasteiger partial charge in [0.1, 0.15) is 11.5 Å². The molecule has 0 saturated carbocycles. The monoisotopic (exact) mass is 235 g/mol. The molecular formula is C12H14FN3O. The van der Waals surface area contributed by atoms with Gasteiger partial charge < -0.3 is 5.73 Å². The van der Waals surface area contributed by atoms with Crippen LogP contribution in [0.3, 0.4) is 0 Å². The van der Waals surface area contributed by atoms with Gasteiger partial charge in [-0.05, 0) is 30.7 Å². The van der Waals surface area contributed by atoms with Crippen molar-refractivity contribution >= 4 is 5.69 Å². The zero-order valence-corrected chi connectivity index (χ0v) is 9.77. The van der Waals surface area contributed by atoms with Crippen molar-refractivity contribution in [2.75, 3.05) is 5.73 Å². The predicted octanol–water partition coefficient (Wildman–Crippen LogP) is 1.46. The molecule has 0 spiro atoms. The Hall–Kier alpha value is -2.04. The van der Waals surface area contributed by atoms with Gasteiger partial charge in [-0.3, -0.25) is 9.48 Å². The number of nitrogens with zero attached hydrogens (tertiary/aromatic N) is 2. The van der Waals surface area contributed by atoms with E-state index in [4.69, 9.17) is 5.73 Å². The Labute approximate surface area is 98.1 Å². The Morgan fingerprint density at radius 3 is 2.35 bits per heavy atom. The molecule has 4 nitrogen and oxygen atoms in total. The maximum atomic E-state index is 12.8. The Bertz CT molecular complexity index is 595. The number of halogens is 1. The van der Waals surface area contributed by atoms with Crippen molar-refractivity contribution in [3.05, 3.63) is 46.1 Å². The van der Waals surface area contributed by atoms with Crippen LogP contribution in [0.5, 0.6) is 0 Å². The molecule has 0 radical (unpaired) electrons. The second kappa shape index (κ2) is 4.08. The third-order valence-corrected chi connectivity index (χ3v) is 2.83. The highest BCUT2D eigenvalue weighted by Crippen LogP contribution is 2.13. The van der Waals surface area contributed by atoms with Gasteiger partial charge in [-0.1, -0.05) is 6.92 Å². The maximum absolute atomic E-state index is 12.8. The number of aromatic nitrogens is 2. The summed E-state index contributed by atoms with van der Waals surface area (Å²) in [5.74, 6) is -0.334. The molecular weight excluding hydrogens is 221 g/mol. The first-order valence-corrected chi connectivity index (χ1v) is 5.38. The van der Waals surface area contributed by atoms with E-state index >= 15 is 0 Å². The summed E-state index contributed by atoms with van der Waals surface area (Å²) in [4.78, 5) is 12.0. The smallest absolute Gasteiger partial charge is 0.294 e. The summed E-state index contributed by atoms with van der Waals surface area (Å²) in [6, 6.07) is 5.73. The van der Waals surface area contributed by atoms with E-state index in [1.165, 1.54) is 16.8 Å². The van der Waals surface area contributed by atoms with E-state index in [0.717, 1.165) is 5.69 Å². The van der Waals surface area contributed by atoms with E-state index in [0.29, 0.717) is 12.1 Å². The minimum atomic E-state index is -0.334. The van der Waals surface area contributed by atoms with Gasteiger partial charge in [-0.25, -0.2) is 9.07 Å². The molecule has 2 N–H and O–H groups in total. The van der Waals surface area contributed by atoms with Crippen LogP contribution in [-0.4, -0.2) is 9.36 Å². The molecule has 0 saturated heterocycles. The minimum Gasteiger partial charge on any atom is -0.393 e. The number of hydrogen-bond donors (Lipinski definition) is 1. The lowest BCUT2D eigenvalue weighted by atomic mass is 10.3.